The summed E-state index contributed by atoms with van der Waals surface area (Å²) >= 11 is 0. The summed E-state index contributed by atoms with van der Waals surface area (Å²) < 4.78 is 5.31. The van der Waals surface area contributed by atoms with E-state index in [-0.39, 0.29) is 22.6 Å². The Bertz CT molecular complexity index is 1060. The number of phenolic OH excluding ortho intramolecular Hbond substituents is 1. The van der Waals surface area contributed by atoms with Crippen molar-refractivity contribution in [2.45, 2.75) is 19.9 Å². The van der Waals surface area contributed by atoms with E-state index in [0.717, 1.165) is 11.1 Å². The highest BCUT2D eigenvalue weighted by atomic mass is 16.5. The molecule has 2 aromatic carbocycles. The third-order valence-corrected chi connectivity index (χ3v) is 5.60. The lowest BCUT2D eigenvalue weighted by molar-refractivity contribution is -0.140. The Balaban J connectivity index is 2.22. The molecule has 0 aromatic heterocycles. The average Bonchev–Trinajstić information content (AvgIpc) is 2.99. The number of Topliss-reactive ketones (excluding diaryl/α,β-unsaturated/α-hetero) is 1. The lowest BCUT2D eigenvalue weighted by atomic mass is 9.93. The highest BCUT2D eigenvalue weighted by molar-refractivity contribution is 6.46. The number of phenols is 1. The molecule has 1 amide bonds. The summed E-state index contributed by atoms with van der Waals surface area (Å²) in [7, 11) is 5.30. The van der Waals surface area contributed by atoms with Crippen LogP contribution in [-0.4, -0.2) is 66.0 Å². The molecule has 2 aromatic rings. The fourth-order valence-electron chi connectivity index (χ4n) is 3.71. The number of hydrogen-bond acceptors (Lipinski definition) is 6. The van der Waals surface area contributed by atoms with Crippen molar-refractivity contribution < 1.29 is 24.5 Å². The molecular weight excluding hydrogens is 396 g/mol. The molecule has 1 heterocycles. The van der Waals surface area contributed by atoms with Gasteiger partial charge >= 0.3 is 0 Å². The zero-order valence-electron chi connectivity index (χ0n) is 18.5. The SMILES string of the molecule is COc1cccc(C2/C(=C(\O)c3cc(C)c(C)cc3O)C(=O)C(=O)N2CCN(C)C)c1. The molecule has 0 aliphatic carbocycles. The summed E-state index contributed by atoms with van der Waals surface area (Å²) in [5, 5.41) is 21.6. The van der Waals surface area contributed by atoms with Crippen LogP contribution in [0.15, 0.2) is 42.0 Å². The van der Waals surface area contributed by atoms with Crippen LogP contribution >= 0.6 is 0 Å². The van der Waals surface area contributed by atoms with Crippen molar-refractivity contribution in [3.05, 3.63) is 64.2 Å². The standard InChI is InChI=1S/C24H28N2O5/c1-14-11-18(19(27)12-15(14)2)22(28)20-21(16-7-6-8-17(13-16)31-5)26(10-9-25(3)4)24(30)23(20)29/h6-8,11-13,21,27-28H,9-10H2,1-5H3/b22-20+. The van der Waals surface area contributed by atoms with Crippen molar-refractivity contribution in [3.8, 4) is 11.5 Å². The summed E-state index contributed by atoms with van der Waals surface area (Å²) in [6.07, 6.45) is 0. The highest BCUT2D eigenvalue weighted by Gasteiger charge is 2.46. The zero-order chi connectivity index (χ0) is 22.9. The van der Waals surface area contributed by atoms with E-state index in [0.29, 0.717) is 24.4 Å². The zero-order valence-corrected chi connectivity index (χ0v) is 18.5. The Morgan fingerprint density at radius 2 is 1.81 bits per heavy atom. The summed E-state index contributed by atoms with van der Waals surface area (Å²) in [5.74, 6) is -1.42. The number of hydrogen-bond donors (Lipinski definition) is 2. The third kappa shape index (κ3) is 4.27. The van der Waals surface area contributed by atoms with Gasteiger partial charge in [0, 0.05) is 13.1 Å². The van der Waals surface area contributed by atoms with Gasteiger partial charge in [-0.25, -0.2) is 0 Å². The Morgan fingerprint density at radius 3 is 2.45 bits per heavy atom. The number of nitrogens with zero attached hydrogens (tertiary/aromatic N) is 2. The second-order valence-corrected chi connectivity index (χ2v) is 8.03. The van der Waals surface area contributed by atoms with Gasteiger partial charge in [0.25, 0.3) is 11.7 Å². The molecule has 0 radical (unpaired) electrons. The van der Waals surface area contributed by atoms with Gasteiger partial charge in [0.15, 0.2) is 0 Å². The number of likely N-dealkylation sites (tertiary alicyclic amines) is 1. The number of benzene rings is 2. The first-order valence-corrected chi connectivity index (χ1v) is 10.0. The fourth-order valence-corrected chi connectivity index (χ4v) is 3.71. The number of ketones is 1. The van der Waals surface area contributed by atoms with E-state index in [1.165, 1.54) is 18.1 Å². The predicted molar refractivity (Wildman–Crippen MR) is 118 cm³/mol. The van der Waals surface area contributed by atoms with E-state index in [4.69, 9.17) is 4.74 Å². The molecule has 1 unspecified atom stereocenters. The second kappa shape index (κ2) is 8.81. The minimum Gasteiger partial charge on any atom is -0.507 e. The van der Waals surface area contributed by atoms with Crippen LogP contribution in [0, 0.1) is 13.8 Å². The van der Waals surface area contributed by atoms with Crippen LogP contribution in [0.3, 0.4) is 0 Å². The van der Waals surface area contributed by atoms with Crippen molar-refractivity contribution in [3.63, 3.8) is 0 Å². The van der Waals surface area contributed by atoms with Gasteiger partial charge in [0.1, 0.15) is 17.3 Å². The first kappa shape index (κ1) is 22.4. The molecule has 2 N–H and O–H groups in total. The van der Waals surface area contributed by atoms with Crippen molar-refractivity contribution >= 4 is 17.4 Å². The summed E-state index contributed by atoms with van der Waals surface area (Å²) in [6, 6.07) is 9.43. The van der Waals surface area contributed by atoms with Gasteiger partial charge < -0.3 is 24.7 Å². The molecule has 7 heteroatoms. The maximum atomic E-state index is 13.0. The van der Waals surface area contributed by atoms with Gasteiger partial charge in [-0.2, -0.15) is 0 Å². The van der Waals surface area contributed by atoms with Crippen molar-refractivity contribution in [1.29, 1.82) is 0 Å². The van der Waals surface area contributed by atoms with E-state index in [1.54, 1.807) is 30.3 Å². The molecule has 0 spiro atoms. The van der Waals surface area contributed by atoms with Crippen LogP contribution in [-0.2, 0) is 9.59 Å². The molecule has 7 nitrogen and oxygen atoms in total. The summed E-state index contributed by atoms with van der Waals surface area (Å²) in [5.41, 5.74) is 2.42. The fraction of sp³-hybridized carbons (Fsp3) is 0.333. The Hall–Kier alpha value is -3.32. The molecule has 1 atom stereocenters. The quantitative estimate of drug-likeness (QED) is 0.421. The van der Waals surface area contributed by atoms with Crippen LogP contribution in [0.5, 0.6) is 11.5 Å². The molecule has 0 bridgehead atoms. The Labute approximate surface area is 182 Å². The number of aliphatic hydroxyl groups excluding tert-OH is 1. The second-order valence-electron chi connectivity index (χ2n) is 8.03. The van der Waals surface area contributed by atoms with Gasteiger partial charge in [-0.3, -0.25) is 9.59 Å². The molecule has 1 fully saturated rings. The highest BCUT2D eigenvalue weighted by Crippen LogP contribution is 2.41. The minimum absolute atomic E-state index is 0.0458. The monoisotopic (exact) mass is 424 g/mol. The van der Waals surface area contributed by atoms with Crippen LogP contribution < -0.4 is 4.74 Å². The van der Waals surface area contributed by atoms with Crippen molar-refractivity contribution in [1.82, 2.24) is 9.80 Å². The number of carbonyl (C=O) groups excluding carboxylic acids is 2. The van der Waals surface area contributed by atoms with Gasteiger partial charge in [0.05, 0.1) is 24.3 Å². The maximum absolute atomic E-state index is 13.0. The number of likely N-dealkylation sites (N-methyl/N-ethyl adjacent to an activating group) is 1. The third-order valence-electron chi connectivity index (χ3n) is 5.60. The molecule has 3 rings (SSSR count). The van der Waals surface area contributed by atoms with Gasteiger partial charge in [-0.05, 0) is 68.9 Å². The van der Waals surface area contributed by atoms with Crippen LogP contribution in [0.25, 0.3) is 5.76 Å². The molecule has 31 heavy (non-hydrogen) atoms. The van der Waals surface area contributed by atoms with E-state index in [2.05, 4.69) is 0 Å². The predicted octanol–water partition coefficient (Wildman–Crippen LogP) is 3.00. The first-order valence-electron chi connectivity index (χ1n) is 10.0. The molecule has 164 valence electrons. The van der Waals surface area contributed by atoms with E-state index in [9.17, 15) is 19.8 Å². The number of aromatic hydroxyl groups is 1. The molecule has 0 saturated carbocycles. The number of ether oxygens (including phenoxy) is 1. The lowest BCUT2D eigenvalue weighted by Crippen LogP contribution is -2.35. The Morgan fingerprint density at radius 1 is 1.13 bits per heavy atom. The normalized spacial score (nSPS) is 18.1. The van der Waals surface area contributed by atoms with Crippen LogP contribution in [0.4, 0.5) is 0 Å². The minimum atomic E-state index is -0.795. The first-order chi connectivity index (χ1) is 14.6. The summed E-state index contributed by atoms with van der Waals surface area (Å²) in [4.78, 5) is 29.3. The van der Waals surface area contributed by atoms with E-state index >= 15 is 0 Å². The Kier molecular flexibility index (Phi) is 6.36. The topological polar surface area (TPSA) is 90.3 Å². The maximum Gasteiger partial charge on any atom is 0.295 e. The molecule has 1 aliphatic heterocycles. The molecule has 1 aliphatic rings. The van der Waals surface area contributed by atoms with Gasteiger partial charge in [0.2, 0.25) is 0 Å². The molecule has 1 saturated heterocycles. The number of aliphatic hydroxyl groups is 1. The largest absolute Gasteiger partial charge is 0.507 e. The average molecular weight is 424 g/mol. The lowest BCUT2D eigenvalue weighted by Gasteiger charge is -2.27. The van der Waals surface area contributed by atoms with E-state index < -0.39 is 17.7 Å². The molecular formula is C24H28N2O5. The number of methoxy groups -OCH3 is 1. The van der Waals surface area contributed by atoms with Crippen LogP contribution in [0.1, 0.15) is 28.3 Å². The summed E-state index contributed by atoms with van der Waals surface area (Å²) in [6.45, 7) is 4.54. The number of amides is 1. The van der Waals surface area contributed by atoms with E-state index in [1.807, 2.05) is 32.8 Å². The van der Waals surface area contributed by atoms with Crippen molar-refractivity contribution in [2.24, 2.45) is 0 Å². The number of carbonyl (C=O) groups is 2. The van der Waals surface area contributed by atoms with Gasteiger partial charge in [-0.15, -0.1) is 0 Å². The number of aryl methyl sites for hydroxylation is 2. The van der Waals surface area contributed by atoms with Crippen LogP contribution in [0.2, 0.25) is 0 Å². The number of rotatable bonds is 6. The van der Waals surface area contributed by atoms with Crippen molar-refractivity contribution in [2.75, 3.05) is 34.3 Å². The smallest absolute Gasteiger partial charge is 0.295 e. The van der Waals surface area contributed by atoms with Gasteiger partial charge in [-0.1, -0.05) is 12.1 Å².